The van der Waals surface area contributed by atoms with Gasteiger partial charge in [-0.25, -0.2) is 5.43 Å². The number of rotatable bonds is 3. The molecule has 0 saturated heterocycles. The minimum Gasteiger partial charge on any atom is -0.370 e. The van der Waals surface area contributed by atoms with E-state index in [2.05, 4.69) is 27.5 Å². The Labute approximate surface area is 128 Å². The number of nitrogens with zero attached hydrogens (tertiary/aromatic N) is 1. The van der Waals surface area contributed by atoms with Gasteiger partial charge in [0.2, 0.25) is 0 Å². The minimum absolute atomic E-state index is 0.113. The van der Waals surface area contributed by atoms with Crippen molar-refractivity contribution in [2.24, 2.45) is 11.8 Å². The summed E-state index contributed by atoms with van der Waals surface area (Å²) in [6.07, 6.45) is 10.5. The third kappa shape index (κ3) is 3.04. The highest BCUT2D eigenvalue weighted by Gasteiger charge is 2.34. The van der Waals surface area contributed by atoms with E-state index in [4.69, 9.17) is 5.84 Å². The van der Waals surface area contributed by atoms with E-state index in [0.29, 0.717) is 5.92 Å². The number of hydrogen-bond acceptors (Lipinski definition) is 5. The first-order valence-electron chi connectivity index (χ1n) is 8.46. The standard InChI is InChI=1S/C16H29N5/c1-12(13-7-5-3-2-4-6-8-13)21-14-9-10-18-16(14)19-11-15(21)20-17/h13,15,18-20H,1-11,17H2/t15-/m0/s1. The Morgan fingerprint density at radius 3 is 2.57 bits per heavy atom. The molecule has 0 unspecified atom stereocenters. The first-order valence-corrected chi connectivity index (χ1v) is 8.46. The molecule has 2 aliphatic heterocycles. The Morgan fingerprint density at radius 2 is 1.86 bits per heavy atom. The first kappa shape index (κ1) is 14.7. The van der Waals surface area contributed by atoms with Crippen molar-refractivity contribution in [1.29, 1.82) is 0 Å². The molecule has 3 rings (SSSR count). The molecular weight excluding hydrogens is 262 g/mol. The van der Waals surface area contributed by atoms with Gasteiger partial charge in [-0.2, -0.15) is 0 Å². The van der Waals surface area contributed by atoms with Crippen molar-refractivity contribution in [3.8, 4) is 0 Å². The smallest absolute Gasteiger partial charge is 0.119 e. The van der Waals surface area contributed by atoms with Crippen molar-refractivity contribution in [2.75, 3.05) is 13.1 Å². The van der Waals surface area contributed by atoms with Crippen LogP contribution in [0.25, 0.3) is 0 Å². The van der Waals surface area contributed by atoms with Crippen LogP contribution in [0, 0.1) is 5.92 Å². The number of nitrogens with two attached hydrogens (primary N) is 1. The van der Waals surface area contributed by atoms with Crippen molar-refractivity contribution in [3.05, 3.63) is 23.8 Å². The molecule has 5 heteroatoms. The predicted octanol–water partition coefficient (Wildman–Crippen LogP) is 1.72. The molecule has 1 saturated carbocycles. The Bertz CT molecular complexity index is 409. The fourth-order valence-electron chi connectivity index (χ4n) is 3.91. The summed E-state index contributed by atoms with van der Waals surface area (Å²) >= 11 is 0. The average molecular weight is 291 g/mol. The second kappa shape index (κ2) is 6.71. The molecule has 0 bridgehead atoms. The van der Waals surface area contributed by atoms with Crippen molar-refractivity contribution < 1.29 is 0 Å². The Hall–Kier alpha value is -1.20. The van der Waals surface area contributed by atoms with Gasteiger partial charge in [0.15, 0.2) is 0 Å². The molecule has 1 fully saturated rings. The SMILES string of the molecule is C=C(C1CCCCCCC1)N1C2=C(NCC2)NC[C@H]1NN. The summed E-state index contributed by atoms with van der Waals surface area (Å²) < 4.78 is 0. The van der Waals surface area contributed by atoms with Crippen LogP contribution in [0.4, 0.5) is 0 Å². The summed E-state index contributed by atoms with van der Waals surface area (Å²) in [6, 6.07) is 0. The summed E-state index contributed by atoms with van der Waals surface area (Å²) in [6.45, 7) is 6.29. The van der Waals surface area contributed by atoms with Gasteiger partial charge >= 0.3 is 0 Å². The lowest BCUT2D eigenvalue weighted by Gasteiger charge is -2.42. The average Bonchev–Trinajstić information content (AvgIpc) is 2.93. The van der Waals surface area contributed by atoms with E-state index in [1.165, 1.54) is 62.2 Å². The van der Waals surface area contributed by atoms with Crippen LogP contribution in [0.3, 0.4) is 0 Å². The normalized spacial score (nSPS) is 27.5. The zero-order valence-electron chi connectivity index (χ0n) is 13.0. The zero-order chi connectivity index (χ0) is 14.7. The van der Waals surface area contributed by atoms with Crippen molar-refractivity contribution >= 4 is 0 Å². The van der Waals surface area contributed by atoms with Gasteiger partial charge in [-0.1, -0.05) is 38.7 Å². The maximum atomic E-state index is 5.78. The van der Waals surface area contributed by atoms with Crippen LogP contribution in [0.1, 0.15) is 51.4 Å². The van der Waals surface area contributed by atoms with Gasteiger partial charge in [-0.3, -0.25) is 5.84 Å². The van der Waals surface area contributed by atoms with E-state index in [-0.39, 0.29) is 6.17 Å². The third-order valence-electron chi connectivity index (χ3n) is 5.11. The first-order chi connectivity index (χ1) is 10.3. The molecule has 118 valence electrons. The summed E-state index contributed by atoms with van der Waals surface area (Å²) in [5.41, 5.74) is 5.55. The summed E-state index contributed by atoms with van der Waals surface area (Å²) in [5, 5.41) is 6.87. The van der Waals surface area contributed by atoms with E-state index in [1.54, 1.807) is 0 Å². The summed E-state index contributed by atoms with van der Waals surface area (Å²) in [7, 11) is 0. The lowest BCUT2D eigenvalue weighted by Crippen LogP contribution is -2.57. The highest BCUT2D eigenvalue weighted by molar-refractivity contribution is 5.25. The second-order valence-electron chi connectivity index (χ2n) is 6.47. The third-order valence-corrected chi connectivity index (χ3v) is 5.11. The zero-order valence-corrected chi connectivity index (χ0v) is 13.0. The fraction of sp³-hybridized carbons (Fsp3) is 0.750. The molecule has 0 radical (unpaired) electrons. The van der Waals surface area contributed by atoms with E-state index in [0.717, 1.165) is 19.5 Å². The van der Waals surface area contributed by atoms with Crippen LogP contribution in [-0.2, 0) is 0 Å². The second-order valence-corrected chi connectivity index (χ2v) is 6.47. The summed E-state index contributed by atoms with van der Waals surface area (Å²) in [4.78, 5) is 2.37. The molecule has 0 aromatic rings. The monoisotopic (exact) mass is 291 g/mol. The maximum absolute atomic E-state index is 5.78. The lowest BCUT2D eigenvalue weighted by atomic mass is 9.88. The molecule has 0 spiro atoms. The van der Waals surface area contributed by atoms with Crippen molar-refractivity contribution in [2.45, 2.75) is 57.5 Å². The maximum Gasteiger partial charge on any atom is 0.119 e. The molecule has 1 atom stereocenters. The Kier molecular flexibility index (Phi) is 4.70. The van der Waals surface area contributed by atoms with E-state index < -0.39 is 0 Å². The molecule has 0 amide bonds. The Morgan fingerprint density at radius 1 is 1.14 bits per heavy atom. The van der Waals surface area contributed by atoms with Crippen LogP contribution in [0.2, 0.25) is 0 Å². The van der Waals surface area contributed by atoms with Crippen LogP contribution < -0.4 is 21.9 Å². The number of hydrogen-bond donors (Lipinski definition) is 4. The highest BCUT2D eigenvalue weighted by atomic mass is 15.4. The number of nitrogens with one attached hydrogen (secondary N) is 3. The van der Waals surface area contributed by atoms with Gasteiger partial charge in [-0.05, 0) is 18.8 Å². The molecule has 2 heterocycles. The molecule has 21 heavy (non-hydrogen) atoms. The molecule has 5 N–H and O–H groups in total. The predicted molar refractivity (Wildman–Crippen MR) is 85.5 cm³/mol. The largest absolute Gasteiger partial charge is 0.370 e. The topological polar surface area (TPSA) is 65.3 Å². The van der Waals surface area contributed by atoms with E-state index in [1.807, 2.05) is 0 Å². The van der Waals surface area contributed by atoms with Gasteiger partial charge in [0.05, 0.1) is 12.2 Å². The molecule has 1 aliphatic carbocycles. The Balaban J connectivity index is 1.77. The van der Waals surface area contributed by atoms with Gasteiger partial charge in [0, 0.05) is 18.7 Å². The van der Waals surface area contributed by atoms with Crippen LogP contribution >= 0.6 is 0 Å². The molecule has 3 aliphatic rings. The highest BCUT2D eigenvalue weighted by Crippen LogP contribution is 2.34. The quantitative estimate of drug-likeness (QED) is 0.471. The number of hydrazine groups is 1. The van der Waals surface area contributed by atoms with Gasteiger partial charge in [0.25, 0.3) is 0 Å². The van der Waals surface area contributed by atoms with Crippen molar-refractivity contribution in [3.63, 3.8) is 0 Å². The number of allylic oxidation sites excluding steroid dienone is 1. The van der Waals surface area contributed by atoms with E-state index in [9.17, 15) is 0 Å². The van der Waals surface area contributed by atoms with Crippen LogP contribution in [-0.4, -0.2) is 24.2 Å². The minimum atomic E-state index is 0.113. The molecular formula is C16H29N5. The fourth-order valence-corrected chi connectivity index (χ4v) is 3.91. The van der Waals surface area contributed by atoms with Gasteiger partial charge < -0.3 is 15.5 Å². The lowest BCUT2D eigenvalue weighted by molar-refractivity contribution is 0.205. The van der Waals surface area contributed by atoms with Crippen LogP contribution in [0.5, 0.6) is 0 Å². The van der Waals surface area contributed by atoms with Crippen molar-refractivity contribution in [1.82, 2.24) is 21.0 Å². The molecule has 5 nitrogen and oxygen atoms in total. The van der Waals surface area contributed by atoms with Gasteiger partial charge in [-0.15, -0.1) is 0 Å². The van der Waals surface area contributed by atoms with Gasteiger partial charge in [0.1, 0.15) is 12.0 Å². The molecule has 0 aromatic carbocycles. The van der Waals surface area contributed by atoms with Crippen LogP contribution in [0.15, 0.2) is 23.8 Å². The van der Waals surface area contributed by atoms with E-state index >= 15 is 0 Å². The molecule has 0 aromatic heterocycles. The summed E-state index contributed by atoms with van der Waals surface area (Å²) in [5.74, 6) is 7.56.